The van der Waals surface area contributed by atoms with Crippen LogP contribution < -0.4 is 4.74 Å². The zero-order chi connectivity index (χ0) is 30.6. The van der Waals surface area contributed by atoms with Gasteiger partial charge in [-0.05, 0) is 53.6 Å². The summed E-state index contributed by atoms with van der Waals surface area (Å²) in [6, 6.07) is 30.4. The van der Waals surface area contributed by atoms with Crippen molar-refractivity contribution in [1.82, 2.24) is 14.5 Å². The van der Waals surface area contributed by atoms with Crippen LogP contribution in [-0.4, -0.2) is 25.6 Å². The molecule has 0 fully saturated rings. The average molecular weight is 587 g/mol. The zero-order valence-electron chi connectivity index (χ0n) is 23.2. The number of aromatic nitrogens is 3. The molecule has 0 aliphatic heterocycles. The van der Waals surface area contributed by atoms with Gasteiger partial charge in [0.25, 0.3) is 0 Å². The molecular formula is C35H24F2N4O3. The van der Waals surface area contributed by atoms with Crippen molar-refractivity contribution in [3.63, 3.8) is 0 Å². The predicted molar refractivity (Wildman–Crippen MR) is 160 cm³/mol. The molecule has 0 saturated carbocycles. The third kappa shape index (κ3) is 6.01. The van der Waals surface area contributed by atoms with Gasteiger partial charge in [-0.3, -0.25) is 0 Å². The van der Waals surface area contributed by atoms with Crippen molar-refractivity contribution in [1.29, 1.82) is 5.26 Å². The van der Waals surface area contributed by atoms with Gasteiger partial charge in [-0.1, -0.05) is 54.6 Å². The van der Waals surface area contributed by atoms with E-state index in [0.717, 1.165) is 11.6 Å². The van der Waals surface area contributed by atoms with Crippen molar-refractivity contribution in [2.24, 2.45) is 0 Å². The van der Waals surface area contributed by atoms with E-state index < -0.39 is 17.6 Å². The summed E-state index contributed by atoms with van der Waals surface area (Å²) < 4.78 is 37.4. The lowest BCUT2D eigenvalue weighted by molar-refractivity contribution is 0.0697. The van der Waals surface area contributed by atoms with Crippen molar-refractivity contribution >= 4 is 17.0 Å². The maximum Gasteiger partial charge on any atom is 0.335 e. The van der Waals surface area contributed by atoms with E-state index in [4.69, 9.17) is 15.0 Å². The largest absolute Gasteiger partial charge is 0.478 e. The fraction of sp³-hybridized carbons (Fsp3) is 0.0857. The lowest BCUT2D eigenvalue weighted by atomic mass is 10.1. The molecule has 7 nitrogen and oxygen atoms in total. The average Bonchev–Trinajstić information content (AvgIpc) is 3.37. The van der Waals surface area contributed by atoms with Gasteiger partial charge < -0.3 is 14.4 Å². The number of carboxylic acid groups (broad SMARTS) is 1. The van der Waals surface area contributed by atoms with Crippen LogP contribution in [-0.2, 0) is 19.6 Å². The van der Waals surface area contributed by atoms with E-state index in [2.05, 4.69) is 4.98 Å². The second kappa shape index (κ2) is 12.2. The van der Waals surface area contributed by atoms with Gasteiger partial charge in [0.05, 0.1) is 33.9 Å². The fourth-order valence-electron chi connectivity index (χ4n) is 4.94. The molecule has 6 rings (SSSR count). The molecule has 0 bridgehead atoms. The van der Waals surface area contributed by atoms with Crippen LogP contribution in [0.15, 0.2) is 103 Å². The molecular weight excluding hydrogens is 562 g/mol. The first-order chi connectivity index (χ1) is 21.4. The summed E-state index contributed by atoms with van der Waals surface area (Å²) in [5.74, 6) is -1.18. The van der Waals surface area contributed by atoms with Crippen molar-refractivity contribution in [2.75, 3.05) is 0 Å². The van der Waals surface area contributed by atoms with Gasteiger partial charge in [0, 0.05) is 30.2 Å². The Morgan fingerprint density at radius 3 is 2.41 bits per heavy atom. The highest BCUT2D eigenvalue weighted by atomic mass is 19.1. The summed E-state index contributed by atoms with van der Waals surface area (Å²) in [6.45, 7) is 0.359. The minimum Gasteiger partial charge on any atom is -0.478 e. The Kier molecular flexibility index (Phi) is 7.80. The summed E-state index contributed by atoms with van der Waals surface area (Å²) in [5.41, 5.74) is 4.36. The summed E-state index contributed by atoms with van der Waals surface area (Å²) in [6.07, 6.45) is 0.183. The molecule has 0 atom stereocenters. The van der Waals surface area contributed by atoms with Crippen LogP contribution in [0, 0.1) is 23.0 Å². The highest BCUT2D eigenvalue weighted by Gasteiger charge is 2.17. The molecule has 1 N–H and O–H groups in total. The number of rotatable bonds is 9. The minimum atomic E-state index is -1.04. The number of aromatic carboxylic acids is 1. The first-order valence-corrected chi connectivity index (χ1v) is 13.7. The van der Waals surface area contributed by atoms with E-state index in [1.807, 2.05) is 41.0 Å². The van der Waals surface area contributed by atoms with Crippen LogP contribution in [0.3, 0.4) is 0 Å². The summed E-state index contributed by atoms with van der Waals surface area (Å²) in [4.78, 5) is 20.8. The Labute approximate surface area is 251 Å². The first-order valence-electron chi connectivity index (χ1n) is 13.7. The molecule has 0 aliphatic rings. The van der Waals surface area contributed by atoms with Gasteiger partial charge >= 0.3 is 5.97 Å². The highest BCUT2D eigenvalue weighted by molar-refractivity contribution is 5.92. The van der Waals surface area contributed by atoms with Gasteiger partial charge in [-0.15, -0.1) is 0 Å². The predicted octanol–water partition coefficient (Wildman–Crippen LogP) is 7.16. The Morgan fingerprint density at radius 2 is 1.66 bits per heavy atom. The second-order valence-corrected chi connectivity index (χ2v) is 10.2. The van der Waals surface area contributed by atoms with Crippen LogP contribution in [0.25, 0.3) is 22.3 Å². The van der Waals surface area contributed by atoms with Gasteiger partial charge in [-0.2, -0.15) is 5.26 Å². The number of ether oxygens (including phenoxy) is 1. The van der Waals surface area contributed by atoms with Crippen LogP contribution in [0.5, 0.6) is 5.88 Å². The quantitative estimate of drug-likeness (QED) is 0.193. The fourth-order valence-corrected chi connectivity index (χ4v) is 4.94. The molecule has 0 saturated heterocycles. The number of imidazole rings is 1. The van der Waals surface area contributed by atoms with Gasteiger partial charge in [0.15, 0.2) is 0 Å². The summed E-state index contributed by atoms with van der Waals surface area (Å²) in [7, 11) is 0. The number of hydrogen-bond acceptors (Lipinski definition) is 5. The Morgan fingerprint density at radius 1 is 0.864 bits per heavy atom. The number of fused-ring (bicyclic) bond motifs is 1. The Bertz CT molecular complexity index is 2050. The monoisotopic (exact) mass is 586 g/mol. The normalized spacial score (nSPS) is 10.9. The van der Waals surface area contributed by atoms with Crippen LogP contribution >= 0.6 is 0 Å². The van der Waals surface area contributed by atoms with Gasteiger partial charge in [-0.25, -0.2) is 23.5 Å². The highest BCUT2D eigenvalue weighted by Crippen LogP contribution is 2.26. The third-order valence-corrected chi connectivity index (χ3v) is 7.24. The van der Waals surface area contributed by atoms with Crippen LogP contribution in [0.4, 0.5) is 8.78 Å². The number of benzene rings is 4. The smallest absolute Gasteiger partial charge is 0.335 e. The molecule has 44 heavy (non-hydrogen) atoms. The maximum absolute atomic E-state index is 15.5. The molecule has 0 radical (unpaired) electrons. The van der Waals surface area contributed by atoms with E-state index in [0.29, 0.717) is 40.2 Å². The van der Waals surface area contributed by atoms with Crippen molar-refractivity contribution in [3.8, 4) is 23.2 Å². The van der Waals surface area contributed by atoms with Gasteiger partial charge in [0.2, 0.25) is 5.88 Å². The molecule has 9 heteroatoms. The standard InChI is InChI=1S/C35H24F2N4O3/c36-28-15-23(19-38)9-10-27(28)21-44-34-8-4-7-30(40-34)25-12-11-24(29(37)16-25)18-33-39-31-14-13-26(35(42)43)17-32(31)41(33)20-22-5-2-1-3-6-22/h1-17H,18,20-21H2,(H,42,43). The third-order valence-electron chi connectivity index (χ3n) is 7.24. The van der Waals surface area contributed by atoms with E-state index in [1.54, 1.807) is 42.5 Å². The van der Waals surface area contributed by atoms with Crippen molar-refractivity contribution in [3.05, 3.63) is 148 Å². The minimum absolute atomic E-state index is 0.0841. The van der Waals surface area contributed by atoms with E-state index in [1.165, 1.54) is 24.3 Å². The van der Waals surface area contributed by atoms with E-state index in [-0.39, 0.29) is 35.6 Å². The molecule has 2 aromatic heterocycles. The molecule has 0 spiro atoms. The van der Waals surface area contributed by atoms with Crippen LogP contribution in [0.1, 0.15) is 38.4 Å². The Hall–Kier alpha value is -5.88. The number of carboxylic acids is 1. The number of carbonyl (C=O) groups is 1. The first kappa shape index (κ1) is 28.2. The van der Waals surface area contributed by atoms with E-state index >= 15 is 4.39 Å². The lowest BCUT2D eigenvalue weighted by Crippen LogP contribution is -2.07. The van der Waals surface area contributed by atoms with E-state index in [9.17, 15) is 14.3 Å². The SMILES string of the molecule is N#Cc1ccc(COc2cccc(-c3ccc(Cc4nc5ccc(C(=O)O)cc5n4Cc4ccccc4)c(F)c3)n2)c(F)c1. The maximum atomic E-state index is 15.5. The number of nitrogens with zero attached hydrogens (tertiary/aromatic N) is 4. The summed E-state index contributed by atoms with van der Waals surface area (Å²) >= 11 is 0. The molecule has 0 unspecified atom stereocenters. The lowest BCUT2D eigenvalue weighted by Gasteiger charge is -2.12. The Balaban J connectivity index is 1.25. The number of hydrogen-bond donors (Lipinski definition) is 1. The van der Waals surface area contributed by atoms with Gasteiger partial charge in [0.1, 0.15) is 24.1 Å². The zero-order valence-corrected chi connectivity index (χ0v) is 23.2. The molecule has 216 valence electrons. The second-order valence-electron chi connectivity index (χ2n) is 10.2. The topological polar surface area (TPSA) is 101 Å². The van der Waals surface area contributed by atoms with Crippen molar-refractivity contribution in [2.45, 2.75) is 19.6 Å². The molecule has 0 amide bonds. The summed E-state index contributed by atoms with van der Waals surface area (Å²) in [5, 5.41) is 18.5. The molecule has 2 heterocycles. The number of pyridine rings is 1. The molecule has 0 aliphatic carbocycles. The van der Waals surface area contributed by atoms with Crippen LogP contribution in [0.2, 0.25) is 0 Å². The number of nitriles is 1. The molecule has 4 aromatic carbocycles. The molecule has 6 aromatic rings. The number of halogens is 2. The van der Waals surface area contributed by atoms with Crippen molar-refractivity contribution < 1.29 is 23.4 Å².